The molecule has 0 bridgehead atoms. The Labute approximate surface area is 208 Å². The van der Waals surface area contributed by atoms with Gasteiger partial charge in [-0.3, -0.25) is 14.4 Å². The summed E-state index contributed by atoms with van der Waals surface area (Å²) in [6.45, 7) is 2.38. The monoisotopic (exact) mass is 484 g/mol. The minimum absolute atomic E-state index is 0.0153. The van der Waals surface area contributed by atoms with Crippen molar-refractivity contribution >= 4 is 17.7 Å². The largest absolute Gasteiger partial charge is 0.384 e. The van der Waals surface area contributed by atoms with Crippen LogP contribution >= 0.6 is 0 Å². The second kappa shape index (κ2) is 11.5. The van der Waals surface area contributed by atoms with Crippen LogP contribution in [0.2, 0.25) is 0 Å². The predicted molar refractivity (Wildman–Crippen MR) is 134 cm³/mol. The molecule has 8 nitrogen and oxygen atoms in total. The molecule has 6 atom stereocenters. The summed E-state index contributed by atoms with van der Waals surface area (Å²) in [4.78, 5) is 41.8. The third kappa shape index (κ3) is 5.70. The fourth-order valence-electron chi connectivity index (χ4n) is 6.03. The summed E-state index contributed by atoms with van der Waals surface area (Å²) >= 11 is 0. The lowest BCUT2D eigenvalue weighted by atomic mass is 9.87. The summed E-state index contributed by atoms with van der Waals surface area (Å²) in [6, 6.07) is 6.72. The van der Waals surface area contributed by atoms with Gasteiger partial charge in [0.2, 0.25) is 17.7 Å². The number of amides is 3. The number of rotatable bonds is 7. The lowest BCUT2D eigenvalue weighted by molar-refractivity contribution is -0.145. The molecule has 8 heteroatoms. The van der Waals surface area contributed by atoms with E-state index in [4.69, 9.17) is 4.74 Å². The molecule has 1 aromatic carbocycles. The Bertz CT molecular complexity index is 922. The molecule has 3 aliphatic rings. The topological polar surface area (TPSA) is 99.8 Å². The van der Waals surface area contributed by atoms with Crippen molar-refractivity contribution in [1.82, 2.24) is 20.9 Å². The molecular formula is C27H40N4O4. The third-order valence-electron chi connectivity index (χ3n) is 8.06. The van der Waals surface area contributed by atoms with Crippen LogP contribution in [0.4, 0.5) is 0 Å². The van der Waals surface area contributed by atoms with E-state index in [2.05, 4.69) is 28.1 Å². The van der Waals surface area contributed by atoms with Gasteiger partial charge in [-0.05, 0) is 82.4 Å². The molecule has 1 aromatic rings. The van der Waals surface area contributed by atoms with Crippen LogP contribution in [0.25, 0.3) is 0 Å². The first-order valence-electron chi connectivity index (χ1n) is 13.1. The van der Waals surface area contributed by atoms with Crippen molar-refractivity contribution in [1.29, 1.82) is 0 Å². The van der Waals surface area contributed by atoms with Crippen molar-refractivity contribution in [3.05, 3.63) is 35.4 Å². The normalized spacial score (nSPS) is 29.4. The summed E-state index contributed by atoms with van der Waals surface area (Å²) in [6.07, 6.45) is 6.58. The number of ether oxygens (including phenoxy) is 1. The van der Waals surface area contributed by atoms with Crippen LogP contribution in [-0.4, -0.2) is 67.6 Å². The van der Waals surface area contributed by atoms with Crippen molar-refractivity contribution in [3.63, 3.8) is 0 Å². The molecule has 0 spiro atoms. The molecule has 0 aromatic heterocycles. The fourth-order valence-corrected chi connectivity index (χ4v) is 6.03. The highest BCUT2D eigenvalue weighted by atomic mass is 16.5. The molecule has 2 aliphatic heterocycles. The van der Waals surface area contributed by atoms with Gasteiger partial charge in [0.25, 0.3) is 0 Å². The van der Waals surface area contributed by atoms with E-state index in [1.165, 1.54) is 11.1 Å². The van der Waals surface area contributed by atoms with Crippen LogP contribution in [0.3, 0.4) is 0 Å². The Morgan fingerprint density at radius 1 is 1.09 bits per heavy atom. The van der Waals surface area contributed by atoms with Crippen LogP contribution in [0.15, 0.2) is 24.3 Å². The molecule has 35 heavy (non-hydrogen) atoms. The molecule has 192 valence electrons. The van der Waals surface area contributed by atoms with Crippen molar-refractivity contribution in [3.8, 4) is 0 Å². The summed E-state index contributed by atoms with van der Waals surface area (Å²) in [5, 5.41) is 9.15. The van der Waals surface area contributed by atoms with Crippen molar-refractivity contribution < 1.29 is 19.1 Å². The summed E-state index contributed by atoms with van der Waals surface area (Å²) in [7, 11) is 3.42. The van der Waals surface area contributed by atoms with E-state index in [-0.39, 0.29) is 35.7 Å². The molecule has 2 saturated heterocycles. The number of benzene rings is 1. The van der Waals surface area contributed by atoms with Gasteiger partial charge in [-0.2, -0.15) is 0 Å². The zero-order chi connectivity index (χ0) is 24.9. The average Bonchev–Trinajstić information content (AvgIpc) is 3.28. The number of fused-ring (bicyclic) bond motifs is 2. The summed E-state index contributed by atoms with van der Waals surface area (Å²) < 4.78 is 5.45. The van der Waals surface area contributed by atoms with E-state index in [1.54, 1.807) is 26.0 Å². The van der Waals surface area contributed by atoms with Crippen molar-refractivity contribution in [2.24, 2.45) is 5.92 Å². The number of carbonyl (C=O) groups is 3. The van der Waals surface area contributed by atoms with Crippen LogP contribution < -0.4 is 16.0 Å². The molecule has 1 unspecified atom stereocenters. The lowest BCUT2D eigenvalue weighted by Crippen LogP contribution is -2.58. The highest BCUT2D eigenvalue weighted by molar-refractivity contribution is 5.93. The van der Waals surface area contributed by atoms with Crippen LogP contribution in [0.1, 0.15) is 69.0 Å². The summed E-state index contributed by atoms with van der Waals surface area (Å²) in [5.41, 5.74) is 2.48. The highest BCUT2D eigenvalue weighted by Gasteiger charge is 2.45. The number of nitrogens with zero attached hydrogens (tertiary/aromatic N) is 1. The summed E-state index contributed by atoms with van der Waals surface area (Å²) in [5.74, 6) is -0.136. The second-order valence-corrected chi connectivity index (χ2v) is 10.4. The van der Waals surface area contributed by atoms with Gasteiger partial charge in [-0.25, -0.2) is 0 Å². The number of aryl methyl sites for hydroxylation is 1. The zero-order valence-corrected chi connectivity index (χ0v) is 21.2. The molecule has 4 rings (SSSR count). The SMILES string of the molecule is CN[C@@H](C)C(=O)N[C@H]1CCC(COC)C[C@H]2CC[C@@H](C(=O)N[C@@H]3CCCc4ccccc43)N2C1=O. The quantitative estimate of drug-likeness (QED) is 0.550. The molecule has 0 radical (unpaired) electrons. The van der Waals surface area contributed by atoms with E-state index in [1.807, 2.05) is 12.1 Å². The maximum atomic E-state index is 13.8. The molecule has 3 amide bonds. The first-order chi connectivity index (χ1) is 16.9. The van der Waals surface area contributed by atoms with Crippen LogP contribution in [-0.2, 0) is 25.5 Å². The first-order valence-corrected chi connectivity index (χ1v) is 13.1. The van der Waals surface area contributed by atoms with E-state index in [0.29, 0.717) is 19.4 Å². The van der Waals surface area contributed by atoms with Gasteiger partial charge in [-0.1, -0.05) is 24.3 Å². The lowest BCUT2D eigenvalue weighted by Gasteiger charge is -2.38. The van der Waals surface area contributed by atoms with Gasteiger partial charge in [0.15, 0.2) is 0 Å². The number of likely N-dealkylation sites (N-methyl/N-ethyl adjacent to an activating group) is 1. The Morgan fingerprint density at radius 2 is 1.89 bits per heavy atom. The van der Waals surface area contributed by atoms with Gasteiger partial charge < -0.3 is 25.6 Å². The molecule has 3 N–H and O–H groups in total. The zero-order valence-electron chi connectivity index (χ0n) is 21.2. The standard InChI is InChI=1S/C27H40N4O4/c1-17(28-2)25(32)30-23-13-11-18(16-35-3)15-20-12-14-24(31(20)27(23)34)26(33)29-22-10-6-8-19-7-4-5-9-21(19)22/h4-5,7,9,17-18,20,22-24,28H,6,8,10-16H2,1-3H3,(H,29,33)(H,30,32)/t17-,18?,20+,22+,23-,24-/m0/s1. The van der Waals surface area contributed by atoms with Crippen molar-refractivity contribution in [2.45, 2.75) is 88.5 Å². The van der Waals surface area contributed by atoms with Gasteiger partial charge in [-0.15, -0.1) is 0 Å². The van der Waals surface area contributed by atoms with E-state index < -0.39 is 18.1 Å². The number of hydrogen-bond donors (Lipinski definition) is 3. The van der Waals surface area contributed by atoms with E-state index >= 15 is 0 Å². The van der Waals surface area contributed by atoms with Crippen molar-refractivity contribution in [2.75, 3.05) is 20.8 Å². The van der Waals surface area contributed by atoms with Gasteiger partial charge >= 0.3 is 0 Å². The number of hydrogen-bond acceptors (Lipinski definition) is 5. The minimum atomic E-state index is -0.635. The Morgan fingerprint density at radius 3 is 2.66 bits per heavy atom. The van der Waals surface area contributed by atoms with Gasteiger partial charge in [0, 0.05) is 19.8 Å². The van der Waals surface area contributed by atoms with Gasteiger partial charge in [0.1, 0.15) is 12.1 Å². The highest BCUT2D eigenvalue weighted by Crippen LogP contribution is 2.35. The van der Waals surface area contributed by atoms with Gasteiger partial charge in [0.05, 0.1) is 12.1 Å². The Balaban J connectivity index is 1.53. The maximum absolute atomic E-state index is 13.8. The Kier molecular flexibility index (Phi) is 8.44. The molecular weight excluding hydrogens is 444 g/mol. The molecule has 2 fully saturated rings. The van der Waals surface area contributed by atoms with E-state index in [9.17, 15) is 14.4 Å². The van der Waals surface area contributed by atoms with Crippen LogP contribution in [0.5, 0.6) is 0 Å². The second-order valence-electron chi connectivity index (χ2n) is 10.4. The fraction of sp³-hybridized carbons (Fsp3) is 0.667. The molecule has 0 saturated carbocycles. The van der Waals surface area contributed by atoms with Crippen LogP contribution in [0, 0.1) is 5.92 Å². The average molecular weight is 485 g/mol. The predicted octanol–water partition coefficient (Wildman–Crippen LogP) is 2.08. The first kappa shape index (κ1) is 25.6. The molecule has 2 heterocycles. The maximum Gasteiger partial charge on any atom is 0.246 e. The minimum Gasteiger partial charge on any atom is -0.384 e. The third-order valence-corrected chi connectivity index (χ3v) is 8.06. The molecule has 1 aliphatic carbocycles. The number of methoxy groups -OCH3 is 1. The Hall–Kier alpha value is -2.45. The van der Waals surface area contributed by atoms with E-state index in [0.717, 1.165) is 38.5 Å². The number of nitrogens with one attached hydrogen (secondary N) is 3. The smallest absolute Gasteiger partial charge is 0.246 e. The number of carbonyl (C=O) groups excluding carboxylic acids is 3.